The van der Waals surface area contributed by atoms with Crippen molar-refractivity contribution >= 4 is 12.3 Å². The summed E-state index contributed by atoms with van der Waals surface area (Å²) in [5.41, 5.74) is 0. The van der Waals surface area contributed by atoms with Gasteiger partial charge in [-0.3, -0.25) is 0 Å². The lowest BCUT2D eigenvalue weighted by molar-refractivity contribution is -0.164. The second-order valence-electron chi connectivity index (χ2n) is 2.73. The third-order valence-electron chi connectivity index (χ3n) is 1.50. The SMILES string of the molecule is CCCOC(=O)[C@@H](O)[C@@H](O)[C@@H](O)C=O. The molecule has 6 heteroatoms. The van der Waals surface area contributed by atoms with Crippen molar-refractivity contribution in [2.75, 3.05) is 6.61 Å². The summed E-state index contributed by atoms with van der Waals surface area (Å²) in [5.74, 6) is -1.06. The Balaban J connectivity index is 4.09. The molecule has 0 spiro atoms. The van der Waals surface area contributed by atoms with Gasteiger partial charge in [-0.05, 0) is 6.42 Å². The summed E-state index contributed by atoms with van der Waals surface area (Å²) >= 11 is 0. The smallest absolute Gasteiger partial charge is 0.337 e. The zero-order valence-corrected chi connectivity index (χ0v) is 7.79. The zero-order chi connectivity index (χ0) is 11.1. The Bertz CT molecular complexity index is 192. The Morgan fingerprint density at radius 1 is 1.43 bits per heavy atom. The van der Waals surface area contributed by atoms with Crippen LogP contribution in [0.25, 0.3) is 0 Å². The fourth-order valence-electron chi connectivity index (χ4n) is 0.695. The minimum atomic E-state index is -1.90. The van der Waals surface area contributed by atoms with Crippen molar-refractivity contribution in [3.05, 3.63) is 0 Å². The van der Waals surface area contributed by atoms with Crippen molar-refractivity contribution < 1.29 is 29.6 Å². The summed E-state index contributed by atoms with van der Waals surface area (Å²) < 4.78 is 4.49. The number of carbonyl (C=O) groups excluding carboxylic acids is 2. The molecule has 82 valence electrons. The van der Waals surface area contributed by atoms with Gasteiger partial charge in [0.1, 0.15) is 12.2 Å². The minimum Gasteiger partial charge on any atom is -0.464 e. The van der Waals surface area contributed by atoms with Crippen molar-refractivity contribution in [3.8, 4) is 0 Å². The van der Waals surface area contributed by atoms with Crippen molar-refractivity contribution in [3.63, 3.8) is 0 Å². The van der Waals surface area contributed by atoms with E-state index in [0.29, 0.717) is 6.42 Å². The molecule has 0 aliphatic carbocycles. The molecule has 14 heavy (non-hydrogen) atoms. The summed E-state index contributed by atoms with van der Waals surface area (Å²) in [7, 11) is 0. The average Bonchev–Trinajstić information content (AvgIpc) is 2.22. The predicted octanol–water partition coefficient (Wildman–Crippen LogP) is -1.78. The predicted molar refractivity (Wildman–Crippen MR) is 45.3 cm³/mol. The van der Waals surface area contributed by atoms with E-state index in [2.05, 4.69) is 4.74 Å². The molecule has 0 saturated carbocycles. The molecule has 0 fully saturated rings. The van der Waals surface area contributed by atoms with Crippen LogP contribution >= 0.6 is 0 Å². The first kappa shape index (κ1) is 13.0. The number of esters is 1. The zero-order valence-electron chi connectivity index (χ0n) is 7.79. The summed E-state index contributed by atoms with van der Waals surface area (Å²) in [5, 5.41) is 26.9. The number of aldehydes is 1. The number of hydrogen-bond acceptors (Lipinski definition) is 6. The van der Waals surface area contributed by atoms with Gasteiger partial charge in [0.25, 0.3) is 0 Å². The number of rotatable bonds is 6. The third-order valence-corrected chi connectivity index (χ3v) is 1.50. The molecule has 0 saturated heterocycles. The van der Waals surface area contributed by atoms with Crippen LogP contribution in [0, 0.1) is 0 Å². The van der Waals surface area contributed by atoms with E-state index in [4.69, 9.17) is 15.3 Å². The molecule has 0 heterocycles. The highest BCUT2D eigenvalue weighted by atomic mass is 16.5. The van der Waals surface area contributed by atoms with Crippen LogP contribution in [-0.4, -0.2) is 52.5 Å². The Hall–Kier alpha value is -0.980. The van der Waals surface area contributed by atoms with Crippen LogP contribution in [0.5, 0.6) is 0 Å². The fourth-order valence-corrected chi connectivity index (χ4v) is 0.695. The molecule has 0 aromatic rings. The number of carbonyl (C=O) groups is 2. The van der Waals surface area contributed by atoms with Crippen LogP contribution in [0.2, 0.25) is 0 Å². The monoisotopic (exact) mass is 206 g/mol. The molecule has 0 aliphatic heterocycles. The maximum Gasteiger partial charge on any atom is 0.337 e. The van der Waals surface area contributed by atoms with Crippen LogP contribution < -0.4 is 0 Å². The average molecular weight is 206 g/mol. The summed E-state index contributed by atoms with van der Waals surface area (Å²) in [6, 6.07) is 0. The van der Waals surface area contributed by atoms with E-state index in [9.17, 15) is 9.59 Å². The van der Waals surface area contributed by atoms with E-state index < -0.39 is 24.3 Å². The largest absolute Gasteiger partial charge is 0.464 e. The van der Waals surface area contributed by atoms with Gasteiger partial charge < -0.3 is 24.9 Å². The van der Waals surface area contributed by atoms with Gasteiger partial charge in [-0.1, -0.05) is 6.92 Å². The molecule has 0 radical (unpaired) electrons. The topological polar surface area (TPSA) is 104 Å². The summed E-state index contributed by atoms with van der Waals surface area (Å²) in [6.07, 6.45) is -4.94. The van der Waals surface area contributed by atoms with Crippen LogP contribution in [0.4, 0.5) is 0 Å². The van der Waals surface area contributed by atoms with Gasteiger partial charge >= 0.3 is 5.97 Å². The van der Waals surface area contributed by atoms with Crippen molar-refractivity contribution in [1.82, 2.24) is 0 Å². The number of hydrogen-bond donors (Lipinski definition) is 3. The molecule has 0 aliphatic rings. The molecule has 0 bridgehead atoms. The van der Waals surface area contributed by atoms with E-state index in [1.807, 2.05) is 0 Å². The van der Waals surface area contributed by atoms with Crippen molar-refractivity contribution in [2.45, 2.75) is 31.7 Å². The van der Waals surface area contributed by atoms with E-state index in [1.54, 1.807) is 6.92 Å². The quantitative estimate of drug-likeness (QED) is 0.350. The first-order valence-electron chi connectivity index (χ1n) is 4.20. The van der Waals surface area contributed by atoms with Crippen LogP contribution in [0.1, 0.15) is 13.3 Å². The maximum atomic E-state index is 10.9. The molecule has 0 amide bonds. The van der Waals surface area contributed by atoms with Crippen LogP contribution in [-0.2, 0) is 14.3 Å². The molecule has 0 aromatic heterocycles. The van der Waals surface area contributed by atoms with E-state index in [1.165, 1.54) is 0 Å². The molecular weight excluding hydrogens is 192 g/mol. The number of aliphatic hydroxyl groups excluding tert-OH is 3. The fraction of sp³-hybridized carbons (Fsp3) is 0.750. The van der Waals surface area contributed by atoms with Crippen molar-refractivity contribution in [2.24, 2.45) is 0 Å². The second kappa shape index (κ2) is 6.47. The van der Waals surface area contributed by atoms with Gasteiger partial charge in [-0.25, -0.2) is 4.79 Å². The lowest BCUT2D eigenvalue weighted by Gasteiger charge is -2.17. The Morgan fingerprint density at radius 3 is 2.43 bits per heavy atom. The molecular formula is C8H14O6. The van der Waals surface area contributed by atoms with Gasteiger partial charge in [0.2, 0.25) is 0 Å². The van der Waals surface area contributed by atoms with Crippen molar-refractivity contribution in [1.29, 1.82) is 0 Å². The maximum absolute atomic E-state index is 10.9. The Labute approximate surface area is 81.1 Å². The van der Waals surface area contributed by atoms with Gasteiger partial charge in [-0.2, -0.15) is 0 Å². The molecule has 0 rings (SSSR count). The van der Waals surface area contributed by atoms with Gasteiger partial charge in [0, 0.05) is 0 Å². The third kappa shape index (κ3) is 3.82. The summed E-state index contributed by atoms with van der Waals surface area (Å²) in [4.78, 5) is 20.9. The molecule has 0 aromatic carbocycles. The number of aliphatic hydroxyl groups is 3. The van der Waals surface area contributed by atoms with E-state index >= 15 is 0 Å². The minimum absolute atomic E-state index is 0.0288. The highest BCUT2D eigenvalue weighted by Crippen LogP contribution is 2.01. The standard InChI is InChI=1S/C8H14O6/c1-2-3-14-8(13)7(12)6(11)5(10)4-9/h4-7,10-12H,2-3H2,1H3/t5-,6-,7-/m0/s1. The van der Waals surface area contributed by atoms with E-state index in [0.717, 1.165) is 0 Å². The van der Waals surface area contributed by atoms with Gasteiger partial charge in [0.15, 0.2) is 12.4 Å². The van der Waals surface area contributed by atoms with Crippen LogP contribution in [0.15, 0.2) is 0 Å². The lowest BCUT2D eigenvalue weighted by Crippen LogP contribution is -2.43. The number of ether oxygens (including phenoxy) is 1. The first-order chi connectivity index (χ1) is 6.54. The van der Waals surface area contributed by atoms with Gasteiger partial charge in [-0.15, -0.1) is 0 Å². The highest BCUT2D eigenvalue weighted by Gasteiger charge is 2.31. The summed E-state index contributed by atoms with van der Waals surface area (Å²) in [6.45, 7) is 1.87. The van der Waals surface area contributed by atoms with E-state index in [-0.39, 0.29) is 12.9 Å². The van der Waals surface area contributed by atoms with Gasteiger partial charge in [0.05, 0.1) is 6.61 Å². The highest BCUT2D eigenvalue weighted by molar-refractivity contribution is 5.76. The first-order valence-corrected chi connectivity index (χ1v) is 4.20. The normalized spacial score (nSPS) is 16.9. The molecule has 0 unspecified atom stereocenters. The van der Waals surface area contributed by atoms with Crippen LogP contribution in [0.3, 0.4) is 0 Å². The molecule has 3 atom stereocenters. The Morgan fingerprint density at radius 2 is 2.00 bits per heavy atom. The lowest BCUT2D eigenvalue weighted by atomic mass is 10.1. The molecule has 3 N–H and O–H groups in total. The molecule has 6 nitrogen and oxygen atoms in total. The second-order valence-corrected chi connectivity index (χ2v) is 2.73. The Kier molecular flexibility index (Phi) is 6.02.